The van der Waals surface area contributed by atoms with Gasteiger partial charge in [-0.15, -0.1) is 0 Å². The second-order valence-electron chi connectivity index (χ2n) is 5.96. The van der Waals surface area contributed by atoms with Gasteiger partial charge in [-0.2, -0.15) is 0 Å². The maximum atomic E-state index is 12.9. The van der Waals surface area contributed by atoms with Crippen LogP contribution in [0, 0.1) is 5.82 Å². The molecule has 1 saturated heterocycles. The minimum absolute atomic E-state index is 0.00701. The summed E-state index contributed by atoms with van der Waals surface area (Å²) < 4.78 is 23.4. The number of halogens is 1. The van der Waals surface area contributed by atoms with Crippen LogP contribution in [0.15, 0.2) is 24.3 Å². The SMILES string of the molecule is CC(C)(C)OC(=O)N[C@@H](Cc1ccc(F)cc1)[C@H]1CO1. The van der Waals surface area contributed by atoms with Crippen molar-refractivity contribution in [2.24, 2.45) is 0 Å². The predicted molar refractivity (Wildman–Crippen MR) is 73.0 cm³/mol. The minimum Gasteiger partial charge on any atom is -0.444 e. The number of rotatable bonds is 4. The molecule has 0 saturated carbocycles. The first-order valence-electron chi connectivity index (χ1n) is 6.69. The van der Waals surface area contributed by atoms with Crippen LogP contribution in [0.1, 0.15) is 26.3 Å². The predicted octanol–water partition coefficient (Wildman–Crippen LogP) is 2.66. The van der Waals surface area contributed by atoms with Gasteiger partial charge in [0.05, 0.1) is 12.6 Å². The topological polar surface area (TPSA) is 50.9 Å². The lowest BCUT2D eigenvalue weighted by Crippen LogP contribution is -2.43. The summed E-state index contributed by atoms with van der Waals surface area (Å²) in [7, 11) is 0. The van der Waals surface area contributed by atoms with Gasteiger partial charge in [-0.1, -0.05) is 12.1 Å². The van der Waals surface area contributed by atoms with Crippen LogP contribution in [0.3, 0.4) is 0 Å². The average Bonchev–Trinajstić information content (AvgIpc) is 3.12. The van der Waals surface area contributed by atoms with E-state index in [0.717, 1.165) is 5.56 Å². The molecule has 0 radical (unpaired) electrons. The second-order valence-corrected chi connectivity index (χ2v) is 5.96. The van der Waals surface area contributed by atoms with Gasteiger partial charge in [-0.25, -0.2) is 9.18 Å². The van der Waals surface area contributed by atoms with Crippen LogP contribution < -0.4 is 5.32 Å². The number of carbonyl (C=O) groups excluding carboxylic acids is 1. The van der Waals surface area contributed by atoms with Crippen molar-refractivity contribution >= 4 is 6.09 Å². The third kappa shape index (κ3) is 4.81. The standard InChI is InChI=1S/C15H20FNO3/c1-15(2,3)20-14(18)17-12(13-9-19-13)8-10-4-6-11(16)7-5-10/h4-7,12-13H,8-9H2,1-3H3,(H,17,18)/t12-,13+/m0/s1. The molecule has 0 spiro atoms. The Balaban J connectivity index is 1.94. The second kappa shape index (κ2) is 5.79. The molecule has 1 aromatic carbocycles. The van der Waals surface area contributed by atoms with Crippen LogP contribution in [0.2, 0.25) is 0 Å². The van der Waals surface area contributed by atoms with E-state index >= 15 is 0 Å². The van der Waals surface area contributed by atoms with Gasteiger partial charge in [0.25, 0.3) is 0 Å². The molecule has 2 rings (SSSR count). The molecule has 1 fully saturated rings. The first-order chi connectivity index (χ1) is 9.33. The lowest BCUT2D eigenvalue weighted by Gasteiger charge is -2.23. The highest BCUT2D eigenvalue weighted by Gasteiger charge is 2.34. The van der Waals surface area contributed by atoms with E-state index in [4.69, 9.17) is 9.47 Å². The van der Waals surface area contributed by atoms with E-state index in [0.29, 0.717) is 13.0 Å². The molecule has 110 valence electrons. The fraction of sp³-hybridized carbons (Fsp3) is 0.533. The molecule has 20 heavy (non-hydrogen) atoms. The summed E-state index contributed by atoms with van der Waals surface area (Å²) >= 11 is 0. The lowest BCUT2D eigenvalue weighted by molar-refractivity contribution is 0.0495. The van der Waals surface area contributed by atoms with Gasteiger partial charge in [0.15, 0.2) is 0 Å². The fourth-order valence-electron chi connectivity index (χ4n) is 1.90. The molecule has 0 aromatic heterocycles. The molecule has 0 aliphatic carbocycles. The molecule has 0 unspecified atom stereocenters. The molecule has 0 bridgehead atoms. The quantitative estimate of drug-likeness (QED) is 0.863. The Kier molecular flexibility index (Phi) is 4.28. The molecular weight excluding hydrogens is 261 g/mol. The Hall–Kier alpha value is -1.62. The largest absolute Gasteiger partial charge is 0.444 e. The molecule has 1 aliphatic heterocycles. The zero-order chi connectivity index (χ0) is 14.8. The summed E-state index contributed by atoms with van der Waals surface area (Å²) in [5.74, 6) is -0.270. The number of hydrogen-bond acceptors (Lipinski definition) is 3. The number of carbonyl (C=O) groups is 1. The van der Waals surface area contributed by atoms with Crippen molar-refractivity contribution in [1.82, 2.24) is 5.32 Å². The highest BCUT2D eigenvalue weighted by molar-refractivity contribution is 5.68. The van der Waals surface area contributed by atoms with Gasteiger partial charge < -0.3 is 14.8 Å². The summed E-state index contributed by atoms with van der Waals surface area (Å²) in [6.45, 7) is 6.07. The Morgan fingerprint density at radius 1 is 1.45 bits per heavy atom. The molecule has 4 nitrogen and oxygen atoms in total. The van der Waals surface area contributed by atoms with Gasteiger partial charge in [-0.05, 0) is 44.9 Å². The third-order valence-corrected chi connectivity index (χ3v) is 2.88. The van der Waals surface area contributed by atoms with Crippen molar-refractivity contribution in [3.8, 4) is 0 Å². The first-order valence-corrected chi connectivity index (χ1v) is 6.69. The molecular formula is C15H20FNO3. The molecule has 2 atom stereocenters. The van der Waals surface area contributed by atoms with Crippen LogP contribution in [0.4, 0.5) is 9.18 Å². The summed E-state index contributed by atoms with van der Waals surface area (Å²) in [5, 5.41) is 2.82. The van der Waals surface area contributed by atoms with Gasteiger partial charge >= 0.3 is 6.09 Å². The van der Waals surface area contributed by atoms with Crippen LogP contribution in [-0.4, -0.2) is 30.4 Å². The van der Waals surface area contributed by atoms with E-state index in [1.165, 1.54) is 12.1 Å². The molecule has 1 aliphatic rings. The van der Waals surface area contributed by atoms with Gasteiger partial charge in [0.1, 0.15) is 17.5 Å². The smallest absolute Gasteiger partial charge is 0.407 e. The molecule has 1 amide bonds. The number of benzene rings is 1. The monoisotopic (exact) mass is 281 g/mol. The van der Waals surface area contributed by atoms with Gasteiger partial charge in [0.2, 0.25) is 0 Å². The fourth-order valence-corrected chi connectivity index (χ4v) is 1.90. The maximum absolute atomic E-state index is 12.9. The highest BCUT2D eigenvalue weighted by Crippen LogP contribution is 2.19. The number of hydrogen-bond donors (Lipinski definition) is 1. The van der Waals surface area contributed by atoms with Crippen LogP contribution >= 0.6 is 0 Å². The Morgan fingerprint density at radius 2 is 2.05 bits per heavy atom. The molecule has 1 N–H and O–H groups in total. The Morgan fingerprint density at radius 3 is 2.55 bits per heavy atom. The Labute approximate surface area is 118 Å². The molecule has 5 heteroatoms. The molecule has 1 heterocycles. The van der Waals surface area contributed by atoms with E-state index in [9.17, 15) is 9.18 Å². The van der Waals surface area contributed by atoms with Gasteiger partial charge in [0, 0.05) is 0 Å². The van der Waals surface area contributed by atoms with E-state index < -0.39 is 11.7 Å². The average molecular weight is 281 g/mol. The van der Waals surface area contributed by atoms with Crippen LogP contribution in [-0.2, 0) is 15.9 Å². The minimum atomic E-state index is -0.533. The highest BCUT2D eigenvalue weighted by atomic mass is 19.1. The van der Waals surface area contributed by atoms with E-state index in [1.54, 1.807) is 12.1 Å². The summed E-state index contributed by atoms with van der Waals surface area (Å²) in [6.07, 6.45) is 0.136. The summed E-state index contributed by atoms with van der Waals surface area (Å²) in [5.41, 5.74) is 0.414. The van der Waals surface area contributed by atoms with E-state index in [-0.39, 0.29) is 18.0 Å². The number of alkyl carbamates (subject to hydrolysis) is 1. The van der Waals surface area contributed by atoms with Crippen molar-refractivity contribution < 1.29 is 18.7 Å². The normalized spacial score (nSPS) is 19.3. The maximum Gasteiger partial charge on any atom is 0.407 e. The van der Waals surface area contributed by atoms with Crippen molar-refractivity contribution in [1.29, 1.82) is 0 Å². The van der Waals surface area contributed by atoms with Crippen molar-refractivity contribution in [3.05, 3.63) is 35.6 Å². The van der Waals surface area contributed by atoms with E-state index in [2.05, 4.69) is 5.32 Å². The van der Waals surface area contributed by atoms with Gasteiger partial charge in [-0.3, -0.25) is 0 Å². The zero-order valence-electron chi connectivity index (χ0n) is 12.0. The summed E-state index contributed by atoms with van der Waals surface area (Å²) in [4.78, 5) is 11.8. The first kappa shape index (κ1) is 14.8. The zero-order valence-corrected chi connectivity index (χ0v) is 12.0. The number of nitrogens with one attached hydrogen (secondary N) is 1. The van der Waals surface area contributed by atoms with Crippen LogP contribution in [0.5, 0.6) is 0 Å². The number of amides is 1. The summed E-state index contributed by atoms with van der Waals surface area (Å²) in [6, 6.07) is 6.08. The van der Waals surface area contributed by atoms with Crippen molar-refractivity contribution in [2.45, 2.75) is 44.9 Å². The number of ether oxygens (including phenoxy) is 2. The molecule has 1 aromatic rings. The van der Waals surface area contributed by atoms with Crippen LogP contribution in [0.25, 0.3) is 0 Å². The Bertz CT molecular complexity index is 463. The van der Waals surface area contributed by atoms with E-state index in [1.807, 2.05) is 20.8 Å². The third-order valence-electron chi connectivity index (χ3n) is 2.88. The number of epoxide rings is 1. The van der Waals surface area contributed by atoms with Crippen molar-refractivity contribution in [3.63, 3.8) is 0 Å². The lowest BCUT2D eigenvalue weighted by atomic mass is 10.0. The van der Waals surface area contributed by atoms with Crippen molar-refractivity contribution in [2.75, 3.05) is 6.61 Å².